The summed E-state index contributed by atoms with van der Waals surface area (Å²) in [5, 5.41) is 7.34. The second-order valence-corrected chi connectivity index (χ2v) is 14.2. The molecule has 9 aromatic rings. The van der Waals surface area contributed by atoms with Crippen LogP contribution >= 0.6 is 0 Å². The zero-order chi connectivity index (χ0) is 34.1. The van der Waals surface area contributed by atoms with E-state index in [2.05, 4.69) is 166 Å². The molecule has 1 aliphatic carbocycles. The lowest BCUT2D eigenvalue weighted by Crippen LogP contribution is -2.15. The van der Waals surface area contributed by atoms with Crippen LogP contribution in [-0.2, 0) is 5.41 Å². The van der Waals surface area contributed by atoms with Gasteiger partial charge in [-0.25, -0.2) is 9.97 Å². The summed E-state index contributed by atoms with van der Waals surface area (Å²) in [4.78, 5) is 10.4. The van der Waals surface area contributed by atoms with Gasteiger partial charge in [-0.05, 0) is 90.0 Å². The number of hydrogen-bond acceptors (Lipinski definition) is 2. The third kappa shape index (κ3) is 4.71. The Morgan fingerprint density at radius 1 is 0.353 bits per heavy atom. The van der Waals surface area contributed by atoms with Gasteiger partial charge < -0.3 is 0 Å². The van der Waals surface area contributed by atoms with Crippen LogP contribution in [0.4, 0.5) is 0 Å². The van der Waals surface area contributed by atoms with Crippen molar-refractivity contribution < 1.29 is 0 Å². The van der Waals surface area contributed by atoms with Crippen molar-refractivity contribution in [1.29, 1.82) is 0 Å². The topological polar surface area (TPSA) is 25.8 Å². The van der Waals surface area contributed by atoms with Gasteiger partial charge in [-0.2, -0.15) is 0 Å². The van der Waals surface area contributed by atoms with Gasteiger partial charge in [0.25, 0.3) is 0 Å². The van der Waals surface area contributed by atoms with Crippen LogP contribution in [0.1, 0.15) is 25.0 Å². The molecule has 1 aromatic heterocycles. The summed E-state index contributed by atoms with van der Waals surface area (Å²) in [7, 11) is 0. The van der Waals surface area contributed by atoms with Gasteiger partial charge in [0.1, 0.15) is 0 Å². The lowest BCUT2D eigenvalue weighted by Gasteiger charge is -2.22. The third-order valence-corrected chi connectivity index (χ3v) is 10.9. The van der Waals surface area contributed by atoms with Crippen LogP contribution in [0.15, 0.2) is 170 Å². The van der Waals surface area contributed by atoms with Crippen molar-refractivity contribution in [3.05, 3.63) is 181 Å². The van der Waals surface area contributed by atoms with Gasteiger partial charge in [-0.1, -0.05) is 159 Å². The molecular formula is C49H34N2. The summed E-state index contributed by atoms with van der Waals surface area (Å²) in [6.07, 6.45) is 0. The van der Waals surface area contributed by atoms with Gasteiger partial charge in [-0.3, -0.25) is 0 Å². The van der Waals surface area contributed by atoms with Crippen LogP contribution in [0, 0.1) is 0 Å². The Hall–Kier alpha value is -6.38. The van der Waals surface area contributed by atoms with Crippen molar-refractivity contribution in [3.8, 4) is 56.2 Å². The van der Waals surface area contributed by atoms with E-state index in [1.165, 1.54) is 65.7 Å². The van der Waals surface area contributed by atoms with Gasteiger partial charge in [0, 0.05) is 22.1 Å². The van der Waals surface area contributed by atoms with E-state index in [0.717, 1.165) is 33.9 Å². The maximum Gasteiger partial charge on any atom is 0.160 e. The van der Waals surface area contributed by atoms with E-state index in [9.17, 15) is 0 Å². The molecule has 8 aromatic carbocycles. The second-order valence-electron chi connectivity index (χ2n) is 14.2. The Kier molecular flexibility index (Phi) is 6.56. The first kappa shape index (κ1) is 29.5. The van der Waals surface area contributed by atoms with Crippen molar-refractivity contribution >= 4 is 32.3 Å². The Balaban J connectivity index is 1.14. The highest BCUT2D eigenvalue weighted by Crippen LogP contribution is 2.51. The predicted molar refractivity (Wildman–Crippen MR) is 214 cm³/mol. The molecule has 51 heavy (non-hydrogen) atoms. The van der Waals surface area contributed by atoms with Gasteiger partial charge in [0.05, 0.1) is 11.4 Å². The van der Waals surface area contributed by atoms with Crippen LogP contribution < -0.4 is 0 Å². The van der Waals surface area contributed by atoms with E-state index < -0.39 is 0 Å². The van der Waals surface area contributed by atoms with Crippen LogP contribution in [0.25, 0.3) is 88.5 Å². The Labute approximate surface area is 297 Å². The molecule has 1 heterocycles. The fourth-order valence-electron chi connectivity index (χ4n) is 8.25. The molecule has 1 aliphatic rings. The van der Waals surface area contributed by atoms with Gasteiger partial charge in [-0.15, -0.1) is 0 Å². The number of hydrogen-bond donors (Lipinski definition) is 0. The Morgan fingerprint density at radius 2 is 0.902 bits per heavy atom. The minimum atomic E-state index is -0.104. The van der Waals surface area contributed by atoms with Gasteiger partial charge in [0.15, 0.2) is 5.82 Å². The quantitative estimate of drug-likeness (QED) is 0.189. The molecule has 0 saturated carbocycles. The first-order chi connectivity index (χ1) is 25.0. The summed E-state index contributed by atoms with van der Waals surface area (Å²) in [5.74, 6) is 0.720. The standard InChI is InChI=1S/C49H34N2/c1-49(2)44-29-35(23-24-40(44)43-27-33-16-6-7-17-34(33)28-45(43)49)37-25-26-42(39-21-11-10-20-38(37)39)47-30-46(50-48(51-47)32-14-4-3-5-15-32)41-22-12-18-31-13-8-9-19-36(31)41/h3-30H,1-2H3. The maximum absolute atomic E-state index is 5.23. The number of aromatic nitrogens is 2. The van der Waals surface area contributed by atoms with E-state index in [4.69, 9.17) is 9.97 Å². The summed E-state index contributed by atoms with van der Waals surface area (Å²) < 4.78 is 0. The first-order valence-corrected chi connectivity index (χ1v) is 17.7. The SMILES string of the molecule is CC1(C)c2cc(-c3ccc(-c4cc(-c5cccc6ccccc56)nc(-c5ccccc5)n4)c4ccccc34)ccc2-c2cc3ccccc3cc21. The number of fused-ring (bicyclic) bond motifs is 6. The van der Waals surface area contributed by atoms with Crippen LogP contribution in [0.3, 0.4) is 0 Å². The van der Waals surface area contributed by atoms with Crippen LogP contribution in [-0.4, -0.2) is 9.97 Å². The summed E-state index contributed by atoms with van der Waals surface area (Å²) >= 11 is 0. The number of nitrogens with zero attached hydrogens (tertiary/aromatic N) is 2. The second kappa shape index (κ2) is 11.3. The maximum atomic E-state index is 5.23. The zero-order valence-corrected chi connectivity index (χ0v) is 28.6. The smallest absolute Gasteiger partial charge is 0.160 e. The largest absolute Gasteiger partial charge is 0.228 e. The lowest BCUT2D eigenvalue weighted by atomic mass is 9.81. The Morgan fingerprint density at radius 3 is 1.67 bits per heavy atom. The summed E-state index contributed by atoms with van der Waals surface area (Å²) in [6, 6.07) is 61.2. The molecule has 0 bridgehead atoms. The molecule has 0 spiro atoms. The molecule has 0 saturated heterocycles. The molecule has 0 fully saturated rings. The highest BCUT2D eigenvalue weighted by molar-refractivity contribution is 6.06. The average Bonchev–Trinajstić information content (AvgIpc) is 3.40. The minimum Gasteiger partial charge on any atom is -0.228 e. The molecule has 0 amide bonds. The zero-order valence-electron chi connectivity index (χ0n) is 28.6. The van der Waals surface area contributed by atoms with Crippen molar-refractivity contribution in [3.63, 3.8) is 0 Å². The molecule has 10 rings (SSSR count). The molecule has 0 radical (unpaired) electrons. The normalized spacial score (nSPS) is 13.1. The Bertz CT molecular complexity index is 2820. The van der Waals surface area contributed by atoms with E-state index in [-0.39, 0.29) is 5.41 Å². The number of benzene rings is 8. The first-order valence-electron chi connectivity index (χ1n) is 17.7. The van der Waals surface area contributed by atoms with Crippen molar-refractivity contribution in [2.75, 3.05) is 0 Å². The third-order valence-electron chi connectivity index (χ3n) is 10.9. The molecular weight excluding hydrogens is 617 g/mol. The summed E-state index contributed by atoms with van der Waals surface area (Å²) in [5.41, 5.74) is 12.8. The molecule has 0 N–H and O–H groups in total. The molecule has 2 nitrogen and oxygen atoms in total. The number of rotatable bonds is 4. The molecule has 240 valence electrons. The van der Waals surface area contributed by atoms with E-state index in [1.54, 1.807) is 0 Å². The lowest BCUT2D eigenvalue weighted by molar-refractivity contribution is 0.661. The minimum absolute atomic E-state index is 0.104. The highest BCUT2D eigenvalue weighted by Gasteiger charge is 2.36. The van der Waals surface area contributed by atoms with Crippen LogP contribution in [0.2, 0.25) is 0 Å². The van der Waals surface area contributed by atoms with E-state index in [0.29, 0.717) is 0 Å². The monoisotopic (exact) mass is 650 g/mol. The van der Waals surface area contributed by atoms with Gasteiger partial charge in [0.2, 0.25) is 0 Å². The molecule has 0 aliphatic heterocycles. The van der Waals surface area contributed by atoms with Crippen molar-refractivity contribution in [2.24, 2.45) is 0 Å². The average molecular weight is 651 g/mol. The fourth-order valence-corrected chi connectivity index (χ4v) is 8.25. The van der Waals surface area contributed by atoms with E-state index in [1.807, 2.05) is 18.2 Å². The highest BCUT2D eigenvalue weighted by atomic mass is 14.9. The molecule has 0 unspecified atom stereocenters. The van der Waals surface area contributed by atoms with Crippen molar-refractivity contribution in [2.45, 2.75) is 19.3 Å². The van der Waals surface area contributed by atoms with E-state index >= 15 is 0 Å². The van der Waals surface area contributed by atoms with Gasteiger partial charge >= 0.3 is 0 Å². The van der Waals surface area contributed by atoms with Crippen LogP contribution in [0.5, 0.6) is 0 Å². The fraction of sp³-hybridized carbons (Fsp3) is 0.0612. The van der Waals surface area contributed by atoms with Crippen molar-refractivity contribution in [1.82, 2.24) is 9.97 Å². The molecule has 0 atom stereocenters. The predicted octanol–water partition coefficient (Wildman–Crippen LogP) is 12.9. The molecule has 2 heteroatoms. The summed E-state index contributed by atoms with van der Waals surface area (Å²) in [6.45, 7) is 4.73.